The molecule has 1 aromatic heterocycles. The van der Waals surface area contributed by atoms with Gasteiger partial charge in [-0.15, -0.1) is 11.3 Å². The van der Waals surface area contributed by atoms with E-state index < -0.39 is 12.0 Å². The lowest BCUT2D eigenvalue weighted by atomic mass is 10.1. The van der Waals surface area contributed by atoms with Crippen molar-refractivity contribution in [3.8, 4) is 0 Å². The summed E-state index contributed by atoms with van der Waals surface area (Å²) in [5.41, 5.74) is 0. The van der Waals surface area contributed by atoms with E-state index in [1.165, 1.54) is 4.88 Å². The summed E-state index contributed by atoms with van der Waals surface area (Å²) < 4.78 is 6.28. The number of rotatable bonds is 3. The van der Waals surface area contributed by atoms with Gasteiger partial charge in [0.1, 0.15) is 6.04 Å². The minimum atomic E-state index is -0.813. The van der Waals surface area contributed by atoms with Crippen LogP contribution < -0.4 is 0 Å². The van der Waals surface area contributed by atoms with Gasteiger partial charge in [0.15, 0.2) is 0 Å². The Kier molecular flexibility index (Phi) is 4.19. The molecule has 0 bridgehead atoms. The van der Waals surface area contributed by atoms with E-state index in [9.17, 15) is 9.90 Å². The molecule has 6 heteroatoms. The van der Waals surface area contributed by atoms with Crippen LogP contribution in [0.3, 0.4) is 0 Å². The average Bonchev–Trinajstić information content (AvgIpc) is 2.75. The van der Waals surface area contributed by atoms with Gasteiger partial charge in [-0.2, -0.15) is 0 Å². The summed E-state index contributed by atoms with van der Waals surface area (Å²) in [7, 11) is 0. The number of hydrogen-bond acceptors (Lipinski definition) is 4. The van der Waals surface area contributed by atoms with Gasteiger partial charge in [0.25, 0.3) is 0 Å². The Hall–Kier alpha value is -0.430. The zero-order chi connectivity index (χ0) is 12.4. The highest BCUT2D eigenvalue weighted by Crippen LogP contribution is 2.31. The Morgan fingerprint density at radius 2 is 2.53 bits per heavy atom. The van der Waals surface area contributed by atoms with Gasteiger partial charge in [0.05, 0.1) is 13.2 Å². The van der Waals surface area contributed by atoms with Gasteiger partial charge in [-0.25, -0.2) is 0 Å². The Bertz CT molecular complexity index is 409. The Labute approximate surface area is 112 Å². The highest BCUT2D eigenvalue weighted by Gasteiger charge is 2.33. The second-order valence-electron chi connectivity index (χ2n) is 4.01. The van der Waals surface area contributed by atoms with Gasteiger partial charge in [0, 0.05) is 27.3 Å². The van der Waals surface area contributed by atoms with Crippen LogP contribution in [0.25, 0.3) is 0 Å². The highest BCUT2D eigenvalue weighted by atomic mass is 79.9. The maximum absolute atomic E-state index is 11.2. The molecule has 0 aromatic carbocycles. The van der Waals surface area contributed by atoms with Crippen molar-refractivity contribution in [2.45, 2.75) is 19.0 Å². The van der Waals surface area contributed by atoms with E-state index in [0.29, 0.717) is 13.2 Å². The van der Waals surface area contributed by atoms with Crippen LogP contribution in [0.4, 0.5) is 0 Å². The predicted molar refractivity (Wildman–Crippen MR) is 69.4 cm³/mol. The van der Waals surface area contributed by atoms with E-state index in [4.69, 9.17) is 4.74 Å². The topological polar surface area (TPSA) is 49.8 Å². The predicted octanol–water partition coefficient (Wildman–Crippen LogP) is 2.36. The molecule has 0 saturated carbocycles. The standard InChI is InChI=1S/C11H14BrNO3S/c1-7(10-4-8(12)6-17-10)13-2-3-16-5-9(13)11(14)15/h4,6-7,9H,2-3,5H2,1H3,(H,14,15). The lowest BCUT2D eigenvalue weighted by Crippen LogP contribution is -2.50. The van der Waals surface area contributed by atoms with Crippen LogP contribution in [0.15, 0.2) is 15.9 Å². The second kappa shape index (κ2) is 5.48. The number of hydrogen-bond donors (Lipinski definition) is 1. The minimum Gasteiger partial charge on any atom is -0.480 e. The van der Waals surface area contributed by atoms with Crippen LogP contribution in [0.1, 0.15) is 17.8 Å². The number of carbonyl (C=O) groups is 1. The molecule has 17 heavy (non-hydrogen) atoms. The summed E-state index contributed by atoms with van der Waals surface area (Å²) >= 11 is 5.06. The van der Waals surface area contributed by atoms with E-state index in [1.807, 2.05) is 23.3 Å². The van der Waals surface area contributed by atoms with Crippen molar-refractivity contribution in [3.63, 3.8) is 0 Å². The van der Waals surface area contributed by atoms with Crippen LogP contribution in [0, 0.1) is 0 Å². The largest absolute Gasteiger partial charge is 0.480 e. The molecule has 2 rings (SSSR count). The fourth-order valence-corrected chi connectivity index (χ4v) is 3.53. The molecule has 94 valence electrons. The van der Waals surface area contributed by atoms with Crippen LogP contribution in [-0.2, 0) is 9.53 Å². The molecule has 1 N–H and O–H groups in total. The van der Waals surface area contributed by atoms with E-state index in [1.54, 1.807) is 11.3 Å². The van der Waals surface area contributed by atoms with Crippen LogP contribution in [0.2, 0.25) is 0 Å². The molecule has 0 aliphatic carbocycles. The SMILES string of the molecule is CC(c1cc(Br)cs1)N1CCOCC1C(=O)O. The van der Waals surface area contributed by atoms with Crippen molar-refractivity contribution < 1.29 is 14.6 Å². The fraction of sp³-hybridized carbons (Fsp3) is 0.545. The van der Waals surface area contributed by atoms with E-state index in [0.717, 1.165) is 4.47 Å². The Morgan fingerprint density at radius 1 is 1.76 bits per heavy atom. The van der Waals surface area contributed by atoms with E-state index in [-0.39, 0.29) is 12.6 Å². The zero-order valence-corrected chi connectivity index (χ0v) is 11.8. The van der Waals surface area contributed by atoms with Gasteiger partial charge in [-0.05, 0) is 28.9 Å². The first-order chi connectivity index (χ1) is 8.09. The number of thiophene rings is 1. The van der Waals surface area contributed by atoms with Gasteiger partial charge in [0.2, 0.25) is 0 Å². The van der Waals surface area contributed by atoms with Crippen molar-refractivity contribution >= 4 is 33.2 Å². The summed E-state index contributed by atoms with van der Waals surface area (Å²) in [5, 5.41) is 11.2. The lowest BCUT2D eigenvalue weighted by Gasteiger charge is -2.36. The molecule has 0 amide bonds. The second-order valence-corrected chi connectivity index (χ2v) is 5.87. The first-order valence-corrected chi connectivity index (χ1v) is 7.07. The number of nitrogens with zero attached hydrogens (tertiary/aromatic N) is 1. The molecule has 0 radical (unpaired) electrons. The highest BCUT2D eigenvalue weighted by molar-refractivity contribution is 9.10. The molecule has 4 nitrogen and oxygen atoms in total. The van der Waals surface area contributed by atoms with Crippen molar-refractivity contribution in [2.24, 2.45) is 0 Å². The third-order valence-electron chi connectivity index (χ3n) is 2.95. The zero-order valence-electron chi connectivity index (χ0n) is 9.43. The minimum absolute atomic E-state index is 0.108. The van der Waals surface area contributed by atoms with Crippen LogP contribution >= 0.6 is 27.3 Å². The first kappa shape index (κ1) is 13.0. The summed E-state index contributed by atoms with van der Waals surface area (Å²) in [5.74, 6) is -0.813. The number of ether oxygens (including phenoxy) is 1. The fourth-order valence-electron chi connectivity index (χ4n) is 2.00. The molecule has 1 saturated heterocycles. The molecule has 2 unspecified atom stereocenters. The van der Waals surface area contributed by atoms with E-state index >= 15 is 0 Å². The van der Waals surface area contributed by atoms with E-state index in [2.05, 4.69) is 15.9 Å². The summed E-state index contributed by atoms with van der Waals surface area (Å²) in [6, 6.07) is 1.61. The van der Waals surface area contributed by atoms with Crippen molar-refractivity contribution in [2.75, 3.05) is 19.8 Å². The molecule has 0 spiro atoms. The van der Waals surface area contributed by atoms with Gasteiger partial charge in [-0.3, -0.25) is 9.69 Å². The molecule has 2 atom stereocenters. The molecule has 1 aliphatic rings. The molecule has 1 fully saturated rings. The monoisotopic (exact) mass is 319 g/mol. The number of carboxylic acid groups (broad SMARTS) is 1. The maximum atomic E-state index is 11.2. The lowest BCUT2D eigenvalue weighted by molar-refractivity contribution is -0.151. The van der Waals surface area contributed by atoms with Gasteiger partial charge < -0.3 is 9.84 Å². The smallest absolute Gasteiger partial charge is 0.323 e. The Morgan fingerprint density at radius 3 is 3.12 bits per heavy atom. The number of halogens is 1. The number of carboxylic acids is 1. The maximum Gasteiger partial charge on any atom is 0.323 e. The number of aliphatic carboxylic acids is 1. The van der Waals surface area contributed by atoms with Gasteiger partial charge >= 0.3 is 5.97 Å². The third-order valence-corrected chi connectivity index (χ3v) is 4.82. The van der Waals surface area contributed by atoms with Crippen molar-refractivity contribution in [1.82, 2.24) is 4.90 Å². The number of morpholine rings is 1. The molecule has 2 heterocycles. The van der Waals surface area contributed by atoms with Gasteiger partial charge in [-0.1, -0.05) is 0 Å². The van der Waals surface area contributed by atoms with Crippen molar-refractivity contribution in [3.05, 3.63) is 20.8 Å². The van der Waals surface area contributed by atoms with Crippen molar-refractivity contribution in [1.29, 1.82) is 0 Å². The summed E-state index contributed by atoms with van der Waals surface area (Å²) in [6.45, 7) is 3.57. The van der Waals surface area contributed by atoms with Crippen LogP contribution in [0.5, 0.6) is 0 Å². The Balaban J connectivity index is 2.16. The summed E-state index contributed by atoms with van der Waals surface area (Å²) in [4.78, 5) is 14.3. The third kappa shape index (κ3) is 2.88. The summed E-state index contributed by atoms with van der Waals surface area (Å²) in [6.07, 6.45) is 0. The quantitative estimate of drug-likeness (QED) is 0.929. The normalized spacial score (nSPS) is 23.5. The molecular formula is C11H14BrNO3S. The average molecular weight is 320 g/mol. The molecule has 1 aliphatic heterocycles. The molecular weight excluding hydrogens is 306 g/mol. The van der Waals surface area contributed by atoms with Crippen LogP contribution in [-0.4, -0.2) is 41.8 Å². The molecule has 1 aromatic rings. The first-order valence-electron chi connectivity index (χ1n) is 5.40.